The van der Waals surface area contributed by atoms with E-state index in [1.807, 2.05) is 0 Å². The van der Waals surface area contributed by atoms with Crippen LogP contribution in [0.15, 0.2) is 29.1 Å². The van der Waals surface area contributed by atoms with Gasteiger partial charge in [0.1, 0.15) is 0 Å². The van der Waals surface area contributed by atoms with E-state index in [4.69, 9.17) is 11.5 Å². The summed E-state index contributed by atoms with van der Waals surface area (Å²) in [6.45, 7) is 0. The molecule has 16 heavy (non-hydrogen) atoms. The molecule has 1 aromatic carbocycles. The number of fused-ring (bicyclic) bond motifs is 1. The molecule has 0 radical (unpaired) electrons. The monoisotopic (exact) mass is 217 g/mol. The maximum atomic E-state index is 11.4. The van der Waals surface area contributed by atoms with Crippen molar-refractivity contribution in [2.75, 3.05) is 5.73 Å². The average Bonchev–Trinajstić information content (AvgIpc) is 2.23. The highest BCUT2D eigenvalue weighted by Crippen LogP contribution is 2.19. The Balaban J connectivity index is 2.91. The molecule has 0 atom stereocenters. The van der Waals surface area contributed by atoms with Gasteiger partial charge in [-0.05, 0) is 18.2 Å². The molecule has 5 nitrogen and oxygen atoms in total. The molecule has 4 N–H and O–H groups in total. The summed E-state index contributed by atoms with van der Waals surface area (Å²) < 4.78 is 1.45. The minimum atomic E-state index is -0.601. The first kappa shape index (κ1) is 10.2. The van der Waals surface area contributed by atoms with Gasteiger partial charge in [-0.25, -0.2) is 0 Å². The highest BCUT2D eigenvalue weighted by atomic mass is 16.1. The van der Waals surface area contributed by atoms with Crippen molar-refractivity contribution >= 4 is 22.5 Å². The maximum Gasteiger partial charge on any atom is 0.250 e. The summed E-state index contributed by atoms with van der Waals surface area (Å²) in [7, 11) is 1.63. The van der Waals surface area contributed by atoms with Gasteiger partial charge in [0, 0.05) is 24.2 Å². The second kappa shape index (κ2) is 3.37. The van der Waals surface area contributed by atoms with Crippen molar-refractivity contribution in [1.82, 2.24) is 4.57 Å². The predicted octanol–water partition coefficient (Wildman–Crippen LogP) is 0.220. The molecule has 0 unspecified atom stereocenters. The molecule has 1 amide bonds. The Hall–Kier alpha value is -2.30. The third-order valence-electron chi connectivity index (χ3n) is 2.56. The third-order valence-corrected chi connectivity index (χ3v) is 2.56. The average molecular weight is 217 g/mol. The minimum Gasteiger partial charge on any atom is -0.398 e. The summed E-state index contributed by atoms with van der Waals surface area (Å²) in [5, 5.41) is 0.796. The molecule has 0 spiro atoms. The number of aromatic nitrogens is 1. The van der Waals surface area contributed by atoms with Crippen molar-refractivity contribution < 1.29 is 4.79 Å². The van der Waals surface area contributed by atoms with Crippen LogP contribution in [0.3, 0.4) is 0 Å². The highest BCUT2D eigenvalue weighted by molar-refractivity contribution is 6.02. The van der Waals surface area contributed by atoms with Gasteiger partial charge >= 0.3 is 0 Å². The molecule has 0 bridgehead atoms. The molecule has 0 aliphatic rings. The zero-order chi connectivity index (χ0) is 11.9. The molecule has 0 saturated carbocycles. The Morgan fingerprint density at radius 1 is 1.31 bits per heavy atom. The van der Waals surface area contributed by atoms with Gasteiger partial charge in [0.25, 0.3) is 11.5 Å². The number of aryl methyl sites for hydroxylation is 1. The highest BCUT2D eigenvalue weighted by Gasteiger charge is 2.09. The number of benzene rings is 1. The van der Waals surface area contributed by atoms with Crippen LogP contribution < -0.4 is 17.0 Å². The van der Waals surface area contributed by atoms with Crippen molar-refractivity contribution in [1.29, 1.82) is 0 Å². The Morgan fingerprint density at radius 2 is 2.00 bits per heavy atom. The Morgan fingerprint density at radius 3 is 2.62 bits per heavy atom. The topological polar surface area (TPSA) is 91.1 Å². The Bertz CT molecular complexity index is 643. The van der Waals surface area contributed by atoms with Crippen molar-refractivity contribution in [3.63, 3.8) is 0 Å². The van der Waals surface area contributed by atoms with Crippen molar-refractivity contribution in [2.45, 2.75) is 0 Å². The minimum absolute atomic E-state index is 0.146. The zero-order valence-electron chi connectivity index (χ0n) is 8.73. The number of hydrogen-bond acceptors (Lipinski definition) is 3. The lowest BCUT2D eigenvalue weighted by atomic mass is 10.1. The van der Waals surface area contributed by atoms with Gasteiger partial charge in [-0.15, -0.1) is 0 Å². The van der Waals surface area contributed by atoms with Crippen LogP contribution in [0.5, 0.6) is 0 Å². The van der Waals surface area contributed by atoms with Crippen LogP contribution in [-0.4, -0.2) is 10.5 Å². The van der Waals surface area contributed by atoms with Gasteiger partial charge in [0.15, 0.2) is 0 Å². The first-order valence-corrected chi connectivity index (χ1v) is 4.70. The van der Waals surface area contributed by atoms with E-state index in [0.29, 0.717) is 11.2 Å². The molecule has 0 aliphatic carbocycles. The number of primary amides is 1. The summed E-state index contributed by atoms with van der Waals surface area (Å²) in [6.07, 6.45) is 0. The molecule has 2 rings (SSSR count). The number of anilines is 1. The van der Waals surface area contributed by atoms with Gasteiger partial charge in [0.2, 0.25) is 0 Å². The number of nitrogens with zero attached hydrogens (tertiary/aromatic N) is 1. The van der Waals surface area contributed by atoms with E-state index in [-0.39, 0.29) is 11.1 Å². The number of pyridine rings is 1. The summed E-state index contributed by atoms with van der Waals surface area (Å²) in [6, 6.07) is 6.29. The fourth-order valence-corrected chi connectivity index (χ4v) is 1.65. The molecular weight excluding hydrogens is 206 g/mol. The van der Waals surface area contributed by atoms with E-state index in [2.05, 4.69) is 0 Å². The number of carbonyl (C=O) groups excluding carboxylic acids is 1. The van der Waals surface area contributed by atoms with Gasteiger partial charge in [-0.2, -0.15) is 0 Å². The Labute approximate surface area is 91.3 Å². The van der Waals surface area contributed by atoms with Crippen LogP contribution in [0.1, 0.15) is 10.4 Å². The number of carbonyl (C=O) groups is 1. The summed E-state index contributed by atoms with van der Waals surface area (Å²) >= 11 is 0. The normalized spacial score (nSPS) is 10.6. The predicted molar refractivity (Wildman–Crippen MR) is 62.1 cm³/mol. The molecule has 1 aromatic heterocycles. The molecular formula is C11H11N3O2. The Kier molecular flexibility index (Phi) is 2.16. The molecule has 0 saturated heterocycles. The summed E-state index contributed by atoms with van der Waals surface area (Å²) in [5.74, 6) is -0.601. The van der Waals surface area contributed by atoms with Crippen LogP contribution in [0.2, 0.25) is 0 Å². The summed E-state index contributed by atoms with van der Waals surface area (Å²) in [4.78, 5) is 22.5. The lowest BCUT2D eigenvalue weighted by molar-refractivity contribution is 0.100. The van der Waals surface area contributed by atoms with E-state index < -0.39 is 5.91 Å². The molecule has 5 heteroatoms. The number of hydrogen-bond donors (Lipinski definition) is 2. The lowest BCUT2D eigenvalue weighted by Crippen LogP contribution is -2.17. The van der Waals surface area contributed by atoms with Crippen molar-refractivity contribution in [2.24, 2.45) is 12.8 Å². The van der Waals surface area contributed by atoms with Crippen LogP contribution in [0, 0.1) is 0 Å². The molecule has 82 valence electrons. The first-order chi connectivity index (χ1) is 7.50. The van der Waals surface area contributed by atoms with Crippen LogP contribution >= 0.6 is 0 Å². The van der Waals surface area contributed by atoms with E-state index in [1.165, 1.54) is 16.7 Å². The van der Waals surface area contributed by atoms with Crippen LogP contribution in [-0.2, 0) is 7.05 Å². The van der Waals surface area contributed by atoms with Gasteiger partial charge in [-0.1, -0.05) is 0 Å². The van der Waals surface area contributed by atoms with Crippen molar-refractivity contribution in [3.8, 4) is 0 Å². The number of rotatable bonds is 1. The van der Waals surface area contributed by atoms with E-state index in [1.54, 1.807) is 19.2 Å². The molecule has 1 heterocycles. The van der Waals surface area contributed by atoms with Crippen LogP contribution in [0.25, 0.3) is 10.9 Å². The van der Waals surface area contributed by atoms with Crippen molar-refractivity contribution in [3.05, 3.63) is 40.2 Å². The number of amides is 1. The van der Waals surface area contributed by atoms with Gasteiger partial charge < -0.3 is 16.0 Å². The third kappa shape index (κ3) is 1.42. The van der Waals surface area contributed by atoms with E-state index in [0.717, 1.165) is 5.39 Å². The second-order valence-corrected chi connectivity index (χ2v) is 3.59. The van der Waals surface area contributed by atoms with Gasteiger partial charge in [-0.3, -0.25) is 9.59 Å². The molecule has 0 fully saturated rings. The SMILES string of the molecule is Cn1c(=O)ccc2cc(N)c(C(N)=O)cc21. The summed E-state index contributed by atoms with van der Waals surface area (Å²) in [5.41, 5.74) is 11.9. The first-order valence-electron chi connectivity index (χ1n) is 4.70. The number of nitrogens with two attached hydrogens (primary N) is 2. The fourth-order valence-electron chi connectivity index (χ4n) is 1.65. The fraction of sp³-hybridized carbons (Fsp3) is 0.0909. The van der Waals surface area contributed by atoms with E-state index >= 15 is 0 Å². The quantitative estimate of drug-likeness (QED) is 0.669. The second-order valence-electron chi connectivity index (χ2n) is 3.59. The smallest absolute Gasteiger partial charge is 0.250 e. The lowest BCUT2D eigenvalue weighted by Gasteiger charge is -2.08. The van der Waals surface area contributed by atoms with Gasteiger partial charge in [0.05, 0.1) is 11.1 Å². The molecule has 2 aromatic rings. The zero-order valence-corrected chi connectivity index (χ0v) is 8.73. The standard InChI is InChI=1S/C11H11N3O2/c1-14-9-5-7(11(13)16)8(12)4-6(9)2-3-10(14)15/h2-5H,12H2,1H3,(H2,13,16). The largest absolute Gasteiger partial charge is 0.398 e. The molecule has 0 aliphatic heterocycles. The van der Waals surface area contributed by atoms with Crippen LogP contribution in [0.4, 0.5) is 5.69 Å². The maximum absolute atomic E-state index is 11.4. The number of nitrogen functional groups attached to an aromatic ring is 1. The van der Waals surface area contributed by atoms with E-state index in [9.17, 15) is 9.59 Å².